The van der Waals surface area contributed by atoms with Gasteiger partial charge in [0.25, 0.3) is 5.91 Å². The third-order valence-electron chi connectivity index (χ3n) is 5.89. The van der Waals surface area contributed by atoms with Gasteiger partial charge in [-0.1, -0.05) is 31.2 Å². The number of hydrogen-bond donors (Lipinski definition) is 3. The molecule has 0 aliphatic carbocycles. The standard InChI is InChI=1S/C27H30F2N2O4S/c1-2-17-4-3-5-18(8-17)14-31(27(35)25(33)13-24(32)20-6-7-36-16-20)15-26(34)23(30)11-19-9-21(28)12-22(29)10-19/h3-10,12,16,23,25-26,33-34H,2,11,13-15,30H2,1H3. The number of benzene rings is 2. The van der Waals surface area contributed by atoms with Crippen molar-refractivity contribution in [3.63, 3.8) is 0 Å². The summed E-state index contributed by atoms with van der Waals surface area (Å²) in [7, 11) is 0. The van der Waals surface area contributed by atoms with Crippen LogP contribution < -0.4 is 5.73 Å². The van der Waals surface area contributed by atoms with E-state index in [4.69, 9.17) is 5.73 Å². The number of carbonyl (C=O) groups is 2. The smallest absolute Gasteiger partial charge is 0.252 e. The molecule has 9 heteroatoms. The second kappa shape index (κ2) is 12.8. The molecule has 0 saturated heterocycles. The van der Waals surface area contributed by atoms with Crippen LogP contribution in [-0.4, -0.2) is 51.6 Å². The Labute approximate surface area is 213 Å². The lowest BCUT2D eigenvalue weighted by atomic mass is 10.0. The second-order valence-electron chi connectivity index (χ2n) is 8.76. The van der Waals surface area contributed by atoms with Crippen molar-refractivity contribution in [1.82, 2.24) is 4.90 Å². The SMILES string of the molecule is CCc1cccc(CN(CC(O)C(N)Cc2cc(F)cc(F)c2)C(=O)C(O)CC(=O)c2ccsc2)c1. The highest BCUT2D eigenvalue weighted by Gasteiger charge is 2.29. The average Bonchev–Trinajstić information content (AvgIpc) is 3.38. The van der Waals surface area contributed by atoms with Crippen molar-refractivity contribution in [3.05, 3.63) is 93.2 Å². The Morgan fingerprint density at radius 1 is 1.03 bits per heavy atom. The number of nitrogens with zero attached hydrogens (tertiary/aromatic N) is 1. The summed E-state index contributed by atoms with van der Waals surface area (Å²) in [6, 6.07) is 11.2. The molecule has 36 heavy (non-hydrogen) atoms. The van der Waals surface area contributed by atoms with Gasteiger partial charge in [0.15, 0.2) is 5.78 Å². The van der Waals surface area contributed by atoms with Gasteiger partial charge in [0.1, 0.15) is 17.7 Å². The van der Waals surface area contributed by atoms with Gasteiger partial charge >= 0.3 is 0 Å². The first kappa shape index (κ1) is 27.6. The molecule has 2 aromatic carbocycles. The fourth-order valence-corrected chi connectivity index (χ4v) is 4.57. The molecule has 0 saturated carbocycles. The fraction of sp³-hybridized carbons (Fsp3) is 0.333. The third kappa shape index (κ3) is 7.76. The molecule has 0 radical (unpaired) electrons. The van der Waals surface area contributed by atoms with Gasteiger partial charge in [-0.25, -0.2) is 8.78 Å². The summed E-state index contributed by atoms with van der Waals surface area (Å²) in [5, 5.41) is 24.7. The highest BCUT2D eigenvalue weighted by molar-refractivity contribution is 7.08. The molecule has 0 spiro atoms. The average molecular weight is 517 g/mol. The molecule has 6 nitrogen and oxygen atoms in total. The predicted molar refractivity (Wildman–Crippen MR) is 135 cm³/mol. The van der Waals surface area contributed by atoms with Crippen LogP contribution in [0.25, 0.3) is 0 Å². The molecule has 3 aromatic rings. The molecule has 3 atom stereocenters. The molecule has 3 rings (SSSR count). The van der Waals surface area contributed by atoms with Gasteiger partial charge in [0.05, 0.1) is 6.10 Å². The molecule has 3 unspecified atom stereocenters. The van der Waals surface area contributed by atoms with Crippen molar-refractivity contribution in [3.8, 4) is 0 Å². The minimum atomic E-state index is -1.60. The Hall–Kier alpha value is -2.98. The molecule has 1 amide bonds. The number of nitrogens with two attached hydrogens (primary N) is 1. The zero-order valence-electron chi connectivity index (χ0n) is 19.9. The van der Waals surface area contributed by atoms with Gasteiger partial charge in [-0.05, 0) is 53.1 Å². The first-order valence-electron chi connectivity index (χ1n) is 11.6. The minimum absolute atomic E-state index is 0.0254. The van der Waals surface area contributed by atoms with E-state index in [9.17, 15) is 28.6 Å². The summed E-state index contributed by atoms with van der Waals surface area (Å²) in [4.78, 5) is 26.9. The lowest BCUT2D eigenvalue weighted by Gasteiger charge is -2.30. The molecule has 1 heterocycles. The quantitative estimate of drug-likeness (QED) is 0.320. The van der Waals surface area contributed by atoms with E-state index in [2.05, 4.69) is 0 Å². The van der Waals surface area contributed by atoms with E-state index in [1.54, 1.807) is 16.8 Å². The Bertz CT molecular complexity index is 1150. The number of aliphatic hydroxyl groups is 2. The van der Waals surface area contributed by atoms with Crippen LogP contribution in [0.4, 0.5) is 8.78 Å². The van der Waals surface area contributed by atoms with Gasteiger partial charge in [-0.15, -0.1) is 0 Å². The number of hydrogen-bond acceptors (Lipinski definition) is 6. The van der Waals surface area contributed by atoms with Crippen LogP contribution in [-0.2, 0) is 24.2 Å². The zero-order valence-corrected chi connectivity index (χ0v) is 20.8. The normalized spacial score (nSPS) is 13.7. The van der Waals surface area contributed by atoms with Crippen LogP contribution >= 0.6 is 11.3 Å². The summed E-state index contributed by atoms with van der Waals surface area (Å²) < 4.78 is 27.1. The predicted octanol–water partition coefficient (Wildman–Crippen LogP) is 3.48. The third-order valence-corrected chi connectivity index (χ3v) is 6.57. The Morgan fingerprint density at radius 2 is 1.72 bits per heavy atom. The molecule has 0 aliphatic rings. The van der Waals surface area contributed by atoms with Gasteiger partial charge in [0, 0.05) is 42.6 Å². The van der Waals surface area contributed by atoms with E-state index < -0.39 is 42.2 Å². The number of aryl methyl sites for hydroxylation is 1. The van der Waals surface area contributed by atoms with Crippen LogP contribution in [0, 0.1) is 11.6 Å². The molecule has 0 aliphatic heterocycles. The van der Waals surface area contributed by atoms with Crippen LogP contribution in [0.15, 0.2) is 59.3 Å². The summed E-state index contributed by atoms with van der Waals surface area (Å²) >= 11 is 1.34. The summed E-state index contributed by atoms with van der Waals surface area (Å²) in [6.45, 7) is 1.84. The lowest BCUT2D eigenvalue weighted by molar-refractivity contribution is -0.142. The fourth-order valence-electron chi connectivity index (χ4n) is 3.91. The number of ketones is 1. The van der Waals surface area contributed by atoms with Gasteiger partial charge in [-0.3, -0.25) is 9.59 Å². The number of Topliss-reactive ketones (excluding diaryl/α,β-unsaturated/α-hetero) is 1. The topological polar surface area (TPSA) is 104 Å². The zero-order chi connectivity index (χ0) is 26.2. The van der Waals surface area contributed by atoms with Crippen molar-refractivity contribution in [1.29, 1.82) is 0 Å². The number of rotatable bonds is 12. The summed E-state index contributed by atoms with van der Waals surface area (Å²) in [5.41, 5.74) is 8.64. The van der Waals surface area contributed by atoms with Gasteiger partial charge < -0.3 is 20.8 Å². The number of amides is 1. The van der Waals surface area contributed by atoms with Crippen molar-refractivity contribution in [2.45, 2.75) is 51.0 Å². The van der Waals surface area contributed by atoms with Crippen molar-refractivity contribution >= 4 is 23.0 Å². The number of aliphatic hydroxyl groups excluding tert-OH is 2. The molecule has 4 N–H and O–H groups in total. The van der Waals surface area contributed by atoms with Crippen LogP contribution in [0.2, 0.25) is 0 Å². The van der Waals surface area contributed by atoms with Crippen LogP contribution in [0.1, 0.15) is 40.4 Å². The Morgan fingerprint density at radius 3 is 2.36 bits per heavy atom. The largest absolute Gasteiger partial charge is 0.390 e. The highest BCUT2D eigenvalue weighted by atomic mass is 32.1. The lowest BCUT2D eigenvalue weighted by Crippen LogP contribution is -2.49. The van der Waals surface area contributed by atoms with E-state index >= 15 is 0 Å². The highest BCUT2D eigenvalue weighted by Crippen LogP contribution is 2.16. The molecular weight excluding hydrogens is 486 g/mol. The van der Waals surface area contributed by atoms with Gasteiger partial charge in [-0.2, -0.15) is 11.3 Å². The number of halogens is 2. The molecular formula is C27H30F2N2O4S. The molecule has 0 fully saturated rings. The maximum atomic E-state index is 13.5. The summed E-state index contributed by atoms with van der Waals surface area (Å²) in [6.07, 6.45) is -2.49. The van der Waals surface area contributed by atoms with E-state index in [1.165, 1.54) is 16.2 Å². The van der Waals surface area contributed by atoms with Crippen molar-refractivity contribution in [2.75, 3.05) is 6.54 Å². The van der Waals surface area contributed by atoms with Gasteiger partial charge in [0.2, 0.25) is 0 Å². The maximum absolute atomic E-state index is 13.5. The summed E-state index contributed by atoms with van der Waals surface area (Å²) in [5.74, 6) is -2.59. The second-order valence-corrected chi connectivity index (χ2v) is 9.54. The van der Waals surface area contributed by atoms with E-state index in [-0.39, 0.29) is 30.9 Å². The van der Waals surface area contributed by atoms with E-state index in [1.807, 2.05) is 31.2 Å². The maximum Gasteiger partial charge on any atom is 0.252 e. The molecule has 0 bridgehead atoms. The van der Waals surface area contributed by atoms with Crippen molar-refractivity contribution < 1.29 is 28.6 Å². The monoisotopic (exact) mass is 516 g/mol. The molecule has 1 aromatic heterocycles. The van der Waals surface area contributed by atoms with E-state index in [0.717, 1.165) is 35.7 Å². The first-order valence-corrected chi connectivity index (χ1v) is 12.6. The first-order chi connectivity index (χ1) is 17.2. The Balaban J connectivity index is 1.75. The number of thiophene rings is 1. The molecule has 192 valence electrons. The van der Waals surface area contributed by atoms with Crippen LogP contribution in [0.3, 0.4) is 0 Å². The minimum Gasteiger partial charge on any atom is -0.390 e. The van der Waals surface area contributed by atoms with Crippen LogP contribution in [0.5, 0.6) is 0 Å². The number of carbonyl (C=O) groups excluding carboxylic acids is 2. The Kier molecular flexibility index (Phi) is 9.83. The van der Waals surface area contributed by atoms with Crippen molar-refractivity contribution in [2.24, 2.45) is 5.73 Å². The van der Waals surface area contributed by atoms with E-state index in [0.29, 0.717) is 5.56 Å².